The minimum atomic E-state index is 0.939. The van der Waals surface area contributed by atoms with Crippen LogP contribution < -0.4 is 0 Å². The van der Waals surface area contributed by atoms with Gasteiger partial charge >= 0.3 is 0 Å². The smallest absolute Gasteiger partial charge is 0.0121 e. The fourth-order valence-electron chi connectivity index (χ4n) is 3.47. The van der Waals surface area contributed by atoms with Crippen LogP contribution in [0.5, 0.6) is 0 Å². The number of likely N-dealkylation sites (tertiary alicyclic amines) is 1. The predicted molar refractivity (Wildman–Crippen MR) is 83.3 cm³/mol. The Balaban J connectivity index is 0.000000186. The maximum Gasteiger partial charge on any atom is 0.0121 e. The molecule has 1 heteroatoms. The quantitative estimate of drug-likeness (QED) is 0.704. The molecule has 1 aliphatic heterocycles. The Morgan fingerprint density at radius 1 is 0.684 bits per heavy atom. The normalized spacial score (nSPS) is 28.3. The van der Waals surface area contributed by atoms with Gasteiger partial charge in [0.1, 0.15) is 0 Å². The average molecular weight is 259 g/mol. The van der Waals surface area contributed by atoms with Crippen LogP contribution in [0.2, 0.25) is 0 Å². The van der Waals surface area contributed by atoms with Crippen molar-refractivity contribution < 1.29 is 0 Å². The highest BCUT2D eigenvalue weighted by Crippen LogP contribution is 2.29. The zero-order valence-corrected chi connectivity index (χ0v) is 12.4. The first-order chi connectivity index (χ1) is 9.38. The molecule has 0 spiro atoms. The van der Waals surface area contributed by atoms with Gasteiger partial charge in [-0.15, -0.1) is 0 Å². The van der Waals surface area contributed by atoms with Gasteiger partial charge in [-0.3, -0.25) is 0 Å². The fraction of sp³-hybridized carbons (Fsp3) is 0.667. The summed E-state index contributed by atoms with van der Waals surface area (Å²) in [6, 6.07) is 12.9. The first kappa shape index (κ1) is 14.6. The standard InChI is InChI=1S/C12H23N.C6H6/c1-11-7-3-4-8-12(11)13-9-5-2-6-10-13;1-2-4-6-5-3-1/h11-12H,2-10H2,1H3;1-6H. The van der Waals surface area contributed by atoms with Crippen LogP contribution in [0.15, 0.2) is 36.4 Å². The van der Waals surface area contributed by atoms with E-state index < -0.39 is 0 Å². The van der Waals surface area contributed by atoms with Gasteiger partial charge < -0.3 is 4.90 Å². The Kier molecular flexibility index (Phi) is 6.43. The van der Waals surface area contributed by atoms with Gasteiger partial charge in [0.05, 0.1) is 0 Å². The molecule has 2 unspecified atom stereocenters. The van der Waals surface area contributed by atoms with Crippen molar-refractivity contribution in [2.75, 3.05) is 13.1 Å². The van der Waals surface area contributed by atoms with Gasteiger partial charge in [-0.1, -0.05) is 62.6 Å². The monoisotopic (exact) mass is 259 g/mol. The molecule has 1 heterocycles. The Bertz CT molecular complexity index is 289. The fourth-order valence-corrected chi connectivity index (χ4v) is 3.47. The van der Waals surface area contributed by atoms with E-state index in [4.69, 9.17) is 0 Å². The van der Waals surface area contributed by atoms with Crippen molar-refractivity contribution in [3.05, 3.63) is 36.4 Å². The van der Waals surface area contributed by atoms with E-state index in [1.165, 1.54) is 58.0 Å². The Morgan fingerprint density at radius 3 is 1.74 bits per heavy atom. The molecule has 1 saturated carbocycles. The van der Waals surface area contributed by atoms with Gasteiger partial charge in [0, 0.05) is 6.04 Å². The summed E-state index contributed by atoms with van der Waals surface area (Å²) in [5, 5.41) is 0. The lowest BCUT2D eigenvalue weighted by Gasteiger charge is -2.40. The lowest BCUT2D eigenvalue weighted by Crippen LogP contribution is -2.44. The van der Waals surface area contributed by atoms with Gasteiger partial charge in [-0.25, -0.2) is 0 Å². The number of rotatable bonds is 1. The zero-order valence-electron chi connectivity index (χ0n) is 12.4. The molecule has 2 atom stereocenters. The van der Waals surface area contributed by atoms with Crippen molar-refractivity contribution >= 4 is 0 Å². The molecule has 0 bridgehead atoms. The van der Waals surface area contributed by atoms with Crippen molar-refractivity contribution in [1.29, 1.82) is 0 Å². The first-order valence-corrected chi connectivity index (χ1v) is 8.12. The molecule has 19 heavy (non-hydrogen) atoms. The SMILES string of the molecule is CC1CCCCC1N1CCCCC1.c1ccccc1. The summed E-state index contributed by atoms with van der Waals surface area (Å²) in [5.41, 5.74) is 0. The molecule has 106 valence electrons. The molecule has 0 N–H and O–H groups in total. The molecule has 0 radical (unpaired) electrons. The number of hydrogen-bond donors (Lipinski definition) is 0. The lowest BCUT2D eigenvalue weighted by molar-refractivity contribution is 0.0922. The Labute approximate surface area is 119 Å². The van der Waals surface area contributed by atoms with Crippen molar-refractivity contribution in [3.8, 4) is 0 Å². The predicted octanol–water partition coefficient (Wildman–Crippen LogP) is 4.74. The first-order valence-electron chi connectivity index (χ1n) is 8.12. The highest BCUT2D eigenvalue weighted by atomic mass is 15.2. The van der Waals surface area contributed by atoms with Crippen LogP contribution in [-0.4, -0.2) is 24.0 Å². The molecular formula is C18H29N. The molecule has 2 aliphatic rings. The molecule has 1 nitrogen and oxygen atoms in total. The maximum absolute atomic E-state index is 2.77. The summed E-state index contributed by atoms with van der Waals surface area (Å²) in [5.74, 6) is 0.965. The molecule has 2 fully saturated rings. The molecule has 1 aliphatic carbocycles. The van der Waals surface area contributed by atoms with Crippen LogP contribution in [0.1, 0.15) is 51.9 Å². The summed E-state index contributed by atoms with van der Waals surface area (Å²) in [6.07, 6.45) is 10.3. The van der Waals surface area contributed by atoms with Crippen LogP contribution in [0.3, 0.4) is 0 Å². The summed E-state index contributed by atoms with van der Waals surface area (Å²) >= 11 is 0. The van der Waals surface area contributed by atoms with Crippen LogP contribution in [0, 0.1) is 5.92 Å². The second-order valence-corrected chi connectivity index (χ2v) is 6.08. The van der Waals surface area contributed by atoms with Crippen LogP contribution in [-0.2, 0) is 0 Å². The zero-order chi connectivity index (χ0) is 13.3. The summed E-state index contributed by atoms with van der Waals surface area (Å²) in [6.45, 7) is 5.22. The van der Waals surface area contributed by atoms with E-state index in [1.807, 2.05) is 36.4 Å². The van der Waals surface area contributed by atoms with E-state index in [-0.39, 0.29) is 0 Å². The second-order valence-electron chi connectivity index (χ2n) is 6.08. The minimum Gasteiger partial charge on any atom is -0.300 e. The second kappa shape index (κ2) is 8.37. The summed E-state index contributed by atoms with van der Waals surface area (Å²) in [7, 11) is 0. The third kappa shape index (κ3) is 4.99. The van der Waals surface area contributed by atoms with E-state index in [1.54, 1.807) is 0 Å². The van der Waals surface area contributed by atoms with E-state index in [0.29, 0.717) is 0 Å². The minimum absolute atomic E-state index is 0.939. The van der Waals surface area contributed by atoms with Gasteiger partial charge in [0.15, 0.2) is 0 Å². The Morgan fingerprint density at radius 2 is 1.21 bits per heavy atom. The Hall–Kier alpha value is -0.820. The van der Waals surface area contributed by atoms with E-state index in [2.05, 4.69) is 11.8 Å². The number of benzene rings is 1. The van der Waals surface area contributed by atoms with E-state index in [9.17, 15) is 0 Å². The van der Waals surface area contributed by atoms with E-state index in [0.717, 1.165) is 12.0 Å². The maximum atomic E-state index is 2.77. The van der Waals surface area contributed by atoms with Gasteiger partial charge in [0.25, 0.3) is 0 Å². The topological polar surface area (TPSA) is 3.24 Å². The molecule has 0 aromatic heterocycles. The van der Waals surface area contributed by atoms with Crippen molar-refractivity contribution in [2.24, 2.45) is 5.92 Å². The number of hydrogen-bond acceptors (Lipinski definition) is 1. The van der Waals surface area contributed by atoms with Gasteiger partial charge in [-0.2, -0.15) is 0 Å². The summed E-state index contributed by atoms with van der Waals surface area (Å²) < 4.78 is 0. The van der Waals surface area contributed by atoms with Gasteiger partial charge in [-0.05, 0) is 44.7 Å². The van der Waals surface area contributed by atoms with Gasteiger partial charge in [0.2, 0.25) is 0 Å². The van der Waals surface area contributed by atoms with Crippen LogP contribution in [0.4, 0.5) is 0 Å². The number of piperidine rings is 1. The van der Waals surface area contributed by atoms with Crippen molar-refractivity contribution in [3.63, 3.8) is 0 Å². The highest BCUT2D eigenvalue weighted by Gasteiger charge is 2.27. The van der Waals surface area contributed by atoms with Crippen molar-refractivity contribution in [1.82, 2.24) is 4.90 Å². The third-order valence-electron chi connectivity index (χ3n) is 4.59. The highest BCUT2D eigenvalue weighted by molar-refractivity contribution is 4.99. The number of nitrogens with zero attached hydrogens (tertiary/aromatic N) is 1. The molecule has 1 aromatic rings. The van der Waals surface area contributed by atoms with Crippen molar-refractivity contribution in [2.45, 2.75) is 57.9 Å². The van der Waals surface area contributed by atoms with Crippen LogP contribution in [0.25, 0.3) is 0 Å². The third-order valence-corrected chi connectivity index (χ3v) is 4.59. The van der Waals surface area contributed by atoms with Crippen LogP contribution >= 0.6 is 0 Å². The molecule has 1 aromatic carbocycles. The molecule has 3 rings (SSSR count). The van der Waals surface area contributed by atoms with E-state index >= 15 is 0 Å². The average Bonchev–Trinajstić information content (AvgIpc) is 2.51. The lowest BCUT2D eigenvalue weighted by atomic mass is 9.84. The molecular weight excluding hydrogens is 230 g/mol. The molecule has 1 saturated heterocycles. The summed E-state index contributed by atoms with van der Waals surface area (Å²) in [4.78, 5) is 2.77. The molecule has 0 amide bonds. The largest absolute Gasteiger partial charge is 0.300 e.